The second kappa shape index (κ2) is 6.81. The van der Waals surface area contributed by atoms with E-state index in [1.165, 1.54) is 23.5 Å². The van der Waals surface area contributed by atoms with Crippen LogP contribution in [-0.2, 0) is 4.79 Å². The van der Waals surface area contributed by atoms with Crippen LogP contribution in [0.15, 0.2) is 52.5 Å². The van der Waals surface area contributed by atoms with Crippen molar-refractivity contribution in [1.29, 1.82) is 0 Å². The Morgan fingerprint density at radius 3 is 2.70 bits per heavy atom. The molecule has 0 bridgehead atoms. The van der Waals surface area contributed by atoms with Crippen molar-refractivity contribution < 1.29 is 4.79 Å². The van der Waals surface area contributed by atoms with Gasteiger partial charge in [-0.15, -0.1) is 0 Å². The molecule has 5 heteroatoms. The van der Waals surface area contributed by atoms with Gasteiger partial charge in [0.05, 0.1) is 5.03 Å². The summed E-state index contributed by atoms with van der Waals surface area (Å²) in [4.78, 5) is 17.4. The van der Waals surface area contributed by atoms with Crippen LogP contribution in [0.2, 0.25) is 0 Å². The zero-order valence-corrected chi connectivity index (χ0v) is 13.1. The molecule has 2 rings (SSSR count). The fourth-order valence-electron chi connectivity index (χ4n) is 1.85. The third-order valence-electron chi connectivity index (χ3n) is 2.74. The minimum atomic E-state index is -0.0423. The summed E-state index contributed by atoms with van der Waals surface area (Å²) in [5.41, 5.74) is 2.11. The molecule has 0 aliphatic carbocycles. The van der Waals surface area contributed by atoms with E-state index in [4.69, 9.17) is 0 Å². The molecule has 1 N–H and O–H groups in total. The highest BCUT2D eigenvalue weighted by Gasteiger charge is 2.15. The molecule has 0 fully saturated rings. The van der Waals surface area contributed by atoms with Crippen LogP contribution in [0.1, 0.15) is 18.9 Å². The van der Waals surface area contributed by atoms with Gasteiger partial charge in [0.15, 0.2) is 5.17 Å². The first-order valence-corrected chi connectivity index (χ1v) is 8.18. The van der Waals surface area contributed by atoms with Gasteiger partial charge in [-0.05, 0) is 24.3 Å². The van der Waals surface area contributed by atoms with Crippen LogP contribution in [-0.4, -0.2) is 17.3 Å². The summed E-state index contributed by atoms with van der Waals surface area (Å²) in [5, 5.41) is 4.07. The van der Waals surface area contributed by atoms with E-state index in [0.29, 0.717) is 16.6 Å². The second-order valence-electron chi connectivity index (χ2n) is 4.32. The fraction of sp³-hybridized carbons (Fsp3) is 0.200. The Hall–Kier alpha value is -1.46. The van der Waals surface area contributed by atoms with Crippen LogP contribution in [0.25, 0.3) is 4.91 Å². The third-order valence-corrected chi connectivity index (χ3v) is 4.43. The van der Waals surface area contributed by atoms with Crippen molar-refractivity contribution in [2.24, 2.45) is 4.99 Å². The number of benzene rings is 1. The van der Waals surface area contributed by atoms with Gasteiger partial charge in [-0.2, -0.15) is 0 Å². The monoisotopic (exact) mass is 304 g/mol. The van der Waals surface area contributed by atoms with Crippen LogP contribution in [0.5, 0.6) is 0 Å². The van der Waals surface area contributed by atoms with Crippen molar-refractivity contribution in [2.45, 2.75) is 13.3 Å². The zero-order chi connectivity index (χ0) is 14.5. The Morgan fingerprint density at radius 1 is 1.35 bits per heavy atom. The lowest BCUT2D eigenvalue weighted by Crippen LogP contribution is -2.27. The van der Waals surface area contributed by atoms with E-state index < -0.39 is 0 Å². The number of rotatable bonds is 1. The lowest BCUT2D eigenvalue weighted by Gasteiger charge is -2.10. The molecule has 0 aromatic heterocycles. The second-order valence-corrected chi connectivity index (χ2v) is 6.20. The average Bonchev–Trinajstić information content (AvgIpc) is 2.48. The van der Waals surface area contributed by atoms with Crippen LogP contribution >= 0.6 is 23.5 Å². The molecule has 1 aromatic carbocycles. The van der Waals surface area contributed by atoms with E-state index in [2.05, 4.69) is 16.9 Å². The lowest BCUT2D eigenvalue weighted by molar-refractivity contribution is -0.118. The van der Waals surface area contributed by atoms with Crippen molar-refractivity contribution in [3.63, 3.8) is 0 Å². The summed E-state index contributed by atoms with van der Waals surface area (Å²) < 4.78 is 0. The van der Waals surface area contributed by atoms with Crippen molar-refractivity contribution in [1.82, 2.24) is 5.32 Å². The van der Waals surface area contributed by atoms with Crippen LogP contribution in [0.3, 0.4) is 0 Å². The molecule has 0 radical (unpaired) electrons. The summed E-state index contributed by atoms with van der Waals surface area (Å²) >= 11 is 2.92. The number of hydrogen-bond donors (Lipinski definition) is 1. The van der Waals surface area contributed by atoms with Crippen molar-refractivity contribution >= 4 is 39.5 Å². The van der Waals surface area contributed by atoms with Gasteiger partial charge in [-0.3, -0.25) is 4.79 Å². The minimum Gasteiger partial charge on any atom is -0.305 e. The van der Waals surface area contributed by atoms with Crippen LogP contribution < -0.4 is 5.32 Å². The van der Waals surface area contributed by atoms with E-state index in [0.717, 1.165) is 16.0 Å². The Morgan fingerprint density at radius 2 is 2.05 bits per heavy atom. The molecule has 0 atom stereocenters. The molecule has 1 aliphatic heterocycles. The molecule has 0 saturated carbocycles. The number of carbonyl (C=O) groups excluding carboxylic acids is 1. The molecule has 1 aliphatic rings. The number of hydrogen-bond acceptors (Lipinski definition) is 4. The first-order chi connectivity index (χ1) is 9.60. The molecule has 1 heterocycles. The highest BCUT2D eigenvalue weighted by Crippen LogP contribution is 2.37. The maximum absolute atomic E-state index is 12.0. The van der Waals surface area contributed by atoms with Gasteiger partial charge >= 0.3 is 0 Å². The smallest absolute Gasteiger partial charge is 0.230 e. The number of nitrogens with zero attached hydrogens (tertiary/aromatic N) is 1. The number of amidine groups is 1. The summed E-state index contributed by atoms with van der Waals surface area (Å²) in [7, 11) is 0. The van der Waals surface area contributed by atoms with E-state index in [1.807, 2.05) is 43.5 Å². The molecule has 1 amide bonds. The Bertz CT molecular complexity index is 591. The number of thioether (sulfide) groups is 2. The van der Waals surface area contributed by atoms with Gasteiger partial charge in [0.2, 0.25) is 5.91 Å². The maximum Gasteiger partial charge on any atom is 0.230 e. The van der Waals surface area contributed by atoms with E-state index in [1.54, 1.807) is 0 Å². The SMILES string of the molecule is C=C1/N=C(/SC)NC(=O)C/C(C)=C(/c2ccccc2)S1. The number of amides is 1. The molecule has 1 aromatic rings. The van der Waals surface area contributed by atoms with E-state index in [9.17, 15) is 4.79 Å². The molecule has 104 valence electrons. The van der Waals surface area contributed by atoms with Crippen molar-refractivity contribution in [2.75, 3.05) is 6.26 Å². The average molecular weight is 304 g/mol. The normalized spacial score (nSPS) is 23.2. The molecular formula is C15H16N2OS2. The predicted molar refractivity (Wildman–Crippen MR) is 89.5 cm³/mol. The predicted octanol–water partition coefficient (Wildman–Crippen LogP) is 3.86. The molecule has 3 nitrogen and oxygen atoms in total. The number of nitrogens with one attached hydrogen (secondary N) is 1. The fourth-order valence-corrected chi connectivity index (χ4v) is 3.19. The van der Waals surface area contributed by atoms with Gasteiger partial charge in [-0.25, -0.2) is 4.99 Å². The number of aliphatic imine (C=N–C) groups is 1. The van der Waals surface area contributed by atoms with Crippen LogP contribution in [0, 0.1) is 0 Å². The summed E-state index contributed by atoms with van der Waals surface area (Å²) in [6.45, 7) is 5.95. The van der Waals surface area contributed by atoms with Gasteiger partial charge in [0.1, 0.15) is 0 Å². The molecular weight excluding hydrogens is 288 g/mol. The quantitative estimate of drug-likeness (QED) is 0.856. The summed E-state index contributed by atoms with van der Waals surface area (Å²) in [6.07, 6.45) is 2.25. The van der Waals surface area contributed by atoms with Gasteiger partial charge in [0, 0.05) is 11.3 Å². The van der Waals surface area contributed by atoms with E-state index in [-0.39, 0.29) is 5.91 Å². The first kappa shape index (κ1) is 14.9. The lowest BCUT2D eigenvalue weighted by atomic mass is 10.1. The standard InChI is InChI=1S/C15H16N2OS2/c1-10-9-13(18)17-15(19-3)16-11(2)20-14(10)12-7-5-4-6-8-12/h4-8H,2,9H2,1,3H3,(H,16,17,18)/b14-10-. The highest BCUT2D eigenvalue weighted by molar-refractivity contribution is 8.13. The first-order valence-electron chi connectivity index (χ1n) is 6.14. The molecule has 20 heavy (non-hydrogen) atoms. The summed E-state index contributed by atoms with van der Waals surface area (Å²) in [5.74, 6) is -0.0423. The Labute approximate surface area is 127 Å². The number of carbonyl (C=O) groups is 1. The molecule has 0 unspecified atom stereocenters. The van der Waals surface area contributed by atoms with Crippen molar-refractivity contribution in [3.05, 3.63) is 53.1 Å². The van der Waals surface area contributed by atoms with Crippen molar-refractivity contribution in [3.8, 4) is 0 Å². The van der Waals surface area contributed by atoms with Gasteiger partial charge < -0.3 is 5.32 Å². The Balaban J connectivity index is 2.41. The van der Waals surface area contributed by atoms with E-state index >= 15 is 0 Å². The third kappa shape index (κ3) is 3.77. The van der Waals surface area contributed by atoms with Crippen LogP contribution in [0.4, 0.5) is 0 Å². The topological polar surface area (TPSA) is 41.5 Å². The van der Waals surface area contributed by atoms with Gasteiger partial charge in [0.25, 0.3) is 0 Å². The summed E-state index contributed by atoms with van der Waals surface area (Å²) in [6, 6.07) is 10.0. The highest BCUT2D eigenvalue weighted by atomic mass is 32.2. The minimum absolute atomic E-state index is 0.0423. The largest absolute Gasteiger partial charge is 0.305 e. The molecule has 0 saturated heterocycles. The Kier molecular flexibility index (Phi) is 5.09. The maximum atomic E-state index is 12.0. The van der Waals surface area contributed by atoms with Gasteiger partial charge in [-0.1, -0.05) is 60.4 Å². The zero-order valence-electron chi connectivity index (χ0n) is 11.5. The molecule has 0 spiro atoms.